The number of hydrogen-bond donors (Lipinski definition) is 2. The molecule has 0 radical (unpaired) electrons. The van der Waals surface area contributed by atoms with Crippen molar-refractivity contribution in [1.82, 2.24) is 10.2 Å². The number of nitrogens with zero attached hydrogens (tertiary/aromatic N) is 2. The summed E-state index contributed by atoms with van der Waals surface area (Å²) in [5.41, 5.74) is 1.71. The first kappa shape index (κ1) is 18.2. The van der Waals surface area contributed by atoms with Crippen LogP contribution in [0, 0.1) is 6.92 Å². The van der Waals surface area contributed by atoms with Gasteiger partial charge in [-0.1, -0.05) is 36.0 Å². The Hall–Kier alpha value is -2.13. The first-order valence-corrected chi connectivity index (χ1v) is 9.60. The third-order valence-corrected chi connectivity index (χ3v) is 5.09. The zero-order chi connectivity index (χ0) is 17.5. The average Bonchev–Trinajstić information content (AvgIpc) is 2.96. The molecule has 9 heteroatoms. The van der Waals surface area contributed by atoms with E-state index in [1.54, 1.807) is 12.1 Å². The summed E-state index contributed by atoms with van der Waals surface area (Å²) in [5, 5.41) is 14.1. The molecule has 1 unspecified atom stereocenters. The Kier molecular flexibility index (Phi) is 6.56. The predicted molar refractivity (Wildman–Crippen MR) is 95.6 cm³/mol. The van der Waals surface area contributed by atoms with Crippen LogP contribution in [-0.2, 0) is 26.8 Å². The van der Waals surface area contributed by atoms with E-state index in [1.165, 1.54) is 11.3 Å². The van der Waals surface area contributed by atoms with Gasteiger partial charge in [-0.3, -0.25) is 19.1 Å². The summed E-state index contributed by atoms with van der Waals surface area (Å²) in [6.45, 7) is 3.88. The molecule has 1 atom stereocenters. The molecule has 0 spiro atoms. The summed E-state index contributed by atoms with van der Waals surface area (Å²) >= 11 is 1.27. The maximum Gasteiger partial charge on any atom is 0.238 e. The van der Waals surface area contributed by atoms with Gasteiger partial charge in [0.2, 0.25) is 16.9 Å². The summed E-state index contributed by atoms with van der Waals surface area (Å²) in [7, 11) is -1.59. The van der Waals surface area contributed by atoms with Gasteiger partial charge in [-0.2, -0.15) is 0 Å². The van der Waals surface area contributed by atoms with Gasteiger partial charge in [-0.25, -0.2) is 0 Å². The molecule has 0 aliphatic carbocycles. The van der Waals surface area contributed by atoms with Gasteiger partial charge in [0.05, 0.1) is 0 Å². The molecule has 2 amide bonds. The van der Waals surface area contributed by atoms with Crippen LogP contribution in [0.25, 0.3) is 0 Å². The van der Waals surface area contributed by atoms with Crippen molar-refractivity contribution in [2.45, 2.75) is 20.3 Å². The molecule has 128 valence electrons. The fourth-order valence-electron chi connectivity index (χ4n) is 1.78. The van der Waals surface area contributed by atoms with Crippen LogP contribution in [0.2, 0.25) is 0 Å². The van der Waals surface area contributed by atoms with Crippen molar-refractivity contribution >= 4 is 44.8 Å². The number of benzene rings is 1. The van der Waals surface area contributed by atoms with Gasteiger partial charge >= 0.3 is 0 Å². The normalized spacial score (nSPS) is 11.8. The third kappa shape index (κ3) is 5.82. The van der Waals surface area contributed by atoms with Gasteiger partial charge in [0.1, 0.15) is 16.5 Å². The largest absolute Gasteiger partial charge is 0.325 e. The molecule has 1 aromatic carbocycles. The number of nitrogens with one attached hydrogen (secondary N) is 2. The van der Waals surface area contributed by atoms with Gasteiger partial charge in [0.15, 0.2) is 0 Å². The molecule has 24 heavy (non-hydrogen) atoms. The second-order valence-corrected chi connectivity index (χ2v) is 7.56. The summed E-state index contributed by atoms with van der Waals surface area (Å²) in [4.78, 5) is 23.6. The maximum atomic E-state index is 11.9. The van der Waals surface area contributed by atoms with E-state index < -0.39 is 22.6 Å². The first-order valence-electron chi connectivity index (χ1n) is 7.30. The molecule has 7 nitrogen and oxygen atoms in total. The molecule has 0 saturated heterocycles. The number of aryl methyl sites for hydroxylation is 2. The third-order valence-electron chi connectivity index (χ3n) is 2.94. The topological polar surface area (TPSA) is 101 Å². The molecule has 1 heterocycles. The minimum Gasteiger partial charge on any atom is -0.325 e. The molecule has 2 rings (SSSR count). The zero-order valence-electron chi connectivity index (χ0n) is 13.4. The van der Waals surface area contributed by atoms with Gasteiger partial charge < -0.3 is 5.32 Å². The lowest BCUT2D eigenvalue weighted by atomic mass is 10.2. The number of rotatable bonds is 7. The average molecular weight is 366 g/mol. The van der Waals surface area contributed by atoms with Crippen molar-refractivity contribution in [2.75, 3.05) is 22.1 Å². The Morgan fingerprint density at radius 2 is 1.71 bits per heavy atom. The molecule has 0 bridgehead atoms. The van der Waals surface area contributed by atoms with Crippen molar-refractivity contribution in [1.29, 1.82) is 0 Å². The Bertz CT molecular complexity index is 743. The highest BCUT2D eigenvalue weighted by Crippen LogP contribution is 2.15. The lowest BCUT2D eigenvalue weighted by molar-refractivity contribution is -0.114. The van der Waals surface area contributed by atoms with Crippen LogP contribution in [0.3, 0.4) is 0 Å². The smallest absolute Gasteiger partial charge is 0.238 e. The van der Waals surface area contributed by atoms with Crippen molar-refractivity contribution in [2.24, 2.45) is 0 Å². The van der Waals surface area contributed by atoms with Crippen LogP contribution >= 0.6 is 11.3 Å². The molecule has 1 aromatic heterocycles. The van der Waals surface area contributed by atoms with Crippen molar-refractivity contribution in [3.63, 3.8) is 0 Å². The van der Waals surface area contributed by atoms with E-state index in [-0.39, 0.29) is 11.5 Å². The summed E-state index contributed by atoms with van der Waals surface area (Å²) in [6.07, 6.45) is 0.735. The van der Waals surface area contributed by atoms with Gasteiger partial charge in [0, 0.05) is 16.5 Å². The molecular formula is C15H18N4O3S2. The minimum absolute atomic E-state index is 0.238. The Labute approximate surface area is 146 Å². The lowest BCUT2D eigenvalue weighted by Gasteiger charge is -2.05. The van der Waals surface area contributed by atoms with Gasteiger partial charge in [-0.05, 0) is 25.5 Å². The first-order chi connectivity index (χ1) is 11.5. The Morgan fingerprint density at radius 1 is 1.08 bits per heavy atom. The maximum absolute atomic E-state index is 11.9. The summed E-state index contributed by atoms with van der Waals surface area (Å²) in [5.74, 6) is -1.34. The van der Waals surface area contributed by atoms with Crippen LogP contribution in [0.5, 0.6) is 0 Å². The molecule has 2 aromatic rings. The number of aromatic nitrogens is 2. The van der Waals surface area contributed by atoms with E-state index >= 15 is 0 Å². The van der Waals surface area contributed by atoms with Crippen LogP contribution in [-0.4, -0.2) is 37.7 Å². The SMILES string of the molecule is CCc1nnc(NC(=O)CS(=O)CC(=O)Nc2ccc(C)cc2)s1. The van der Waals surface area contributed by atoms with Gasteiger partial charge in [0.25, 0.3) is 0 Å². The molecule has 0 fully saturated rings. The minimum atomic E-state index is -1.59. The van der Waals surface area contributed by atoms with Crippen LogP contribution in [0.1, 0.15) is 17.5 Å². The van der Waals surface area contributed by atoms with Gasteiger partial charge in [-0.15, -0.1) is 10.2 Å². The van der Waals surface area contributed by atoms with E-state index in [1.807, 2.05) is 26.0 Å². The Morgan fingerprint density at radius 3 is 2.29 bits per heavy atom. The summed E-state index contributed by atoms with van der Waals surface area (Å²) < 4.78 is 11.9. The zero-order valence-corrected chi connectivity index (χ0v) is 15.0. The van der Waals surface area contributed by atoms with Crippen molar-refractivity contribution in [3.05, 3.63) is 34.8 Å². The van der Waals surface area contributed by atoms with Crippen LogP contribution in [0.4, 0.5) is 10.8 Å². The highest BCUT2D eigenvalue weighted by Gasteiger charge is 2.14. The number of anilines is 2. The summed E-state index contributed by atoms with van der Waals surface area (Å²) in [6, 6.07) is 7.27. The van der Waals surface area contributed by atoms with E-state index in [9.17, 15) is 13.8 Å². The van der Waals surface area contributed by atoms with Crippen LogP contribution in [0.15, 0.2) is 24.3 Å². The number of carbonyl (C=O) groups excluding carboxylic acids is 2. The number of amides is 2. The second kappa shape index (κ2) is 8.65. The van der Waals surface area contributed by atoms with E-state index in [0.29, 0.717) is 10.8 Å². The number of carbonyl (C=O) groups is 2. The molecule has 0 aliphatic rings. The monoisotopic (exact) mass is 366 g/mol. The Balaban J connectivity index is 1.78. The molecular weight excluding hydrogens is 348 g/mol. The number of hydrogen-bond acceptors (Lipinski definition) is 6. The molecule has 0 aliphatic heterocycles. The van der Waals surface area contributed by atoms with E-state index in [4.69, 9.17) is 0 Å². The van der Waals surface area contributed by atoms with Crippen molar-refractivity contribution < 1.29 is 13.8 Å². The van der Waals surface area contributed by atoms with Crippen LogP contribution < -0.4 is 10.6 Å². The highest BCUT2D eigenvalue weighted by atomic mass is 32.2. The fraction of sp³-hybridized carbons (Fsp3) is 0.333. The second-order valence-electron chi connectivity index (χ2n) is 5.05. The highest BCUT2D eigenvalue weighted by molar-refractivity contribution is 7.86. The van der Waals surface area contributed by atoms with E-state index in [2.05, 4.69) is 20.8 Å². The quantitative estimate of drug-likeness (QED) is 0.777. The van der Waals surface area contributed by atoms with E-state index in [0.717, 1.165) is 17.0 Å². The molecule has 0 saturated carbocycles. The lowest BCUT2D eigenvalue weighted by Crippen LogP contribution is -2.26. The predicted octanol–water partition coefficient (Wildman–Crippen LogP) is 1.73. The van der Waals surface area contributed by atoms with Crippen molar-refractivity contribution in [3.8, 4) is 0 Å². The fourth-order valence-corrected chi connectivity index (χ4v) is 3.31. The standard InChI is InChI=1S/C15H18N4O3S2/c1-3-14-18-19-15(23-14)17-13(21)9-24(22)8-12(20)16-11-6-4-10(2)5-7-11/h4-7H,3,8-9H2,1-2H3,(H,16,20)(H,17,19,21). The molecule has 2 N–H and O–H groups in total.